The van der Waals surface area contributed by atoms with Gasteiger partial charge in [-0.2, -0.15) is 0 Å². The van der Waals surface area contributed by atoms with Gasteiger partial charge in [-0.25, -0.2) is 4.79 Å². The summed E-state index contributed by atoms with van der Waals surface area (Å²) in [6.45, 7) is 7.25. The number of rotatable bonds is 3. The van der Waals surface area contributed by atoms with Gasteiger partial charge in [0.15, 0.2) is 0 Å². The summed E-state index contributed by atoms with van der Waals surface area (Å²) in [6.07, 6.45) is 0.425. The van der Waals surface area contributed by atoms with Gasteiger partial charge in [0.25, 0.3) is 11.8 Å². The first-order chi connectivity index (χ1) is 14.2. The molecular formula is C24H27N3O3. The van der Waals surface area contributed by atoms with E-state index in [1.165, 1.54) is 4.90 Å². The molecule has 0 aromatic heterocycles. The van der Waals surface area contributed by atoms with E-state index in [4.69, 9.17) is 0 Å². The van der Waals surface area contributed by atoms with Crippen LogP contribution in [-0.4, -0.2) is 46.3 Å². The van der Waals surface area contributed by atoms with Crippen molar-refractivity contribution < 1.29 is 14.4 Å². The molecule has 0 bridgehead atoms. The standard InChI is InChI=1S/C24H27N3O3/c1-23(2,3)19-11-9-18(10-12-19)20(28)26-14-13-24(16-26)21(29)27(22(30)25-24)15-17-7-5-4-6-8-17/h4-12H,13-16H2,1-3H3,(H,25,30). The summed E-state index contributed by atoms with van der Waals surface area (Å²) in [6, 6.07) is 16.7. The van der Waals surface area contributed by atoms with Gasteiger partial charge in [0.1, 0.15) is 5.54 Å². The monoisotopic (exact) mass is 405 g/mol. The normalized spacial score (nSPS) is 21.4. The fourth-order valence-electron chi connectivity index (χ4n) is 4.14. The molecule has 2 aromatic carbocycles. The van der Waals surface area contributed by atoms with Crippen molar-refractivity contribution in [2.45, 2.75) is 44.7 Å². The van der Waals surface area contributed by atoms with Crippen LogP contribution in [0.25, 0.3) is 0 Å². The smallest absolute Gasteiger partial charge is 0.325 e. The molecule has 30 heavy (non-hydrogen) atoms. The fourth-order valence-corrected chi connectivity index (χ4v) is 4.14. The van der Waals surface area contributed by atoms with Crippen LogP contribution >= 0.6 is 0 Å². The SMILES string of the molecule is CC(C)(C)c1ccc(C(=O)N2CCC3(C2)NC(=O)N(Cc2ccccc2)C3=O)cc1. The lowest BCUT2D eigenvalue weighted by Crippen LogP contribution is -2.49. The van der Waals surface area contributed by atoms with Crippen LogP contribution in [0.15, 0.2) is 54.6 Å². The Morgan fingerprint density at radius 1 is 1.03 bits per heavy atom. The van der Waals surface area contributed by atoms with E-state index in [9.17, 15) is 14.4 Å². The highest BCUT2D eigenvalue weighted by molar-refractivity contribution is 6.08. The lowest BCUT2D eigenvalue weighted by Gasteiger charge is -2.23. The molecule has 6 heteroatoms. The van der Waals surface area contributed by atoms with E-state index in [-0.39, 0.29) is 30.3 Å². The maximum Gasteiger partial charge on any atom is 0.325 e. The number of amides is 4. The third-order valence-electron chi connectivity index (χ3n) is 5.98. The highest BCUT2D eigenvalue weighted by atomic mass is 16.2. The largest absolute Gasteiger partial charge is 0.336 e. The van der Waals surface area contributed by atoms with Crippen molar-refractivity contribution in [1.82, 2.24) is 15.1 Å². The number of urea groups is 1. The first-order valence-electron chi connectivity index (χ1n) is 10.3. The Labute approximate surface area is 176 Å². The quantitative estimate of drug-likeness (QED) is 0.797. The molecule has 1 spiro atoms. The van der Waals surface area contributed by atoms with Gasteiger partial charge >= 0.3 is 6.03 Å². The van der Waals surface area contributed by atoms with Gasteiger partial charge in [-0.15, -0.1) is 0 Å². The topological polar surface area (TPSA) is 69.7 Å². The summed E-state index contributed by atoms with van der Waals surface area (Å²) < 4.78 is 0. The maximum atomic E-state index is 13.1. The number of hydrogen-bond donors (Lipinski definition) is 1. The molecule has 2 aromatic rings. The van der Waals surface area contributed by atoms with E-state index in [1.54, 1.807) is 4.90 Å². The molecule has 0 radical (unpaired) electrons. The Hall–Kier alpha value is -3.15. The minimum Gasteiger partial charge on any atom is -0.336 e. The van der Waals surface area contributed by atoms with Crippen molar-refractivity contribution in [3.8, 4) is 0 Å². The number of hydrogen-bond acceptors (Lipinski definition) is 3. The lowest BCUT2D eigenvalue weighted by molar-refractivity contribution is -0.131. The summed E-state index contributed by atoms with van der Waals surface area (Å²) in [5.74, 6) is -0.370. The van der Waals surface area contributed by atoms with Crippen LogP contribution in [0.3, 0.4) is 0 Å². The molecule has 4 amide bonds. The van der Waals surface area contributed by atoms with Gasteiger partial charge in [-0.1, -0.05) is 63.2 Å². The summed E-state index contributed by atoms with van der Waals surface area (Å²) in [4.78, 5) is 41.5. The number of benzene rings is 2. The fraction of sp³-hybridized carbons (Fsp3) is 0.375. The van der Waals surface area contributed by atoms with Crippen LogP contribution in [-0.2, 0) is 16.8 Å². The van der Waals surface area contributed by atoms with Crippen molar-refractivity contribution in [3.05, 3.63) is 71.3 Å². The Kier molecular flexibility index (Phi) is 4.88. The van der Waals surface area contributed by atoms with Crippen LogP contribution in [0.5, 0.6) is 0 Å². The number of nitrogens with zero attached hydrogens (tertiary/aromatic N) is 2. The van der Waals surface area contributed by atoms with Gasteiger partial charge in [-0.3, -0.25) is 14.5 Å². The number of carbonyl (C=O) groups is 3. The molecule has 1 unspecified atom stereocenters. The minimum absolute atomic E-state index is 0.0159. The van der Waals surface area contributed by atoms with E-state index >= 15 is 0 Å². The van der Waals surface area contributed by atoms with Crippen molar-refractivity contribution in [1.29, 1.82) is 0 Å². The zero-order chi connectivity index (χ0) is 21.5. The number of carbonyl (C=O) groups excluding carboxylic acids is 3. The highest BCUT2D eigenvalue weighted by Crippen LogP contribution is 2.31. The van der Waals surface area contributed by atoms with Gasteiger partial charge in [0.2, 0.25) is 0 Å². The van der Waals surface area contributed by atoms with E-state index < -0.39 is 11.6 Å². The van der Waals surface area contributed by atoms with Crippen molar-refractivity contribution in [2.24, 2.45) is 0 Å². The Balaban J connectivity index is 1.47. The maximum absolute atomic E-state index is 13.1. The van der Waals surface area contributed by atoms with Crippen LogP contribution in [0.2, 0.25) is 0 Å². The number of nitrogens with one attached hydrogen (secondary N) is 1. The second-order valence-electron chi connectivity index (χ2n) is 9.19. The van der Waals surface area contributed by atoms with Gasteiger partial charge in [-0.05, 0) is 35.1 Å². The second-order valence-corrected chi connectivity index (χ2v) is 9.19. The van der Waals surface area contributed by atoms with Crippen LogP contribution < -0.4 is 5.32 Å². The molecule has 2 fully saturated rings. The zero-order valence-corrected chi connectivity index (χ0v) is 17.6. The van der Waals surface area contributed by atoms with Crippen LogP contribution in [0.1, 0.15) is 48.7 Å². The predicted molar refractivity (Wildman–Crippen MR) is 114 cm³/mol. The molecule has 0 aliphatic carbocycles. The summed E-state index contributed by atoms with van der Waals surface area (Å²) >= 11 is 0. The Morgan fingerprint density at radius 2 is 1.70 bits per heavy atom. The Bertz CT molecular complexity index is 979. The predicted octanol–water partition coefficient (Wildman–Crippen LogP) is 3.32. The summed E-state index contributed by atoms with van der Waals surface area (Å²) in [5, 5.41) is 2.86. The van der Waals surface area contributed by atoms with E-state index in [0.29, 0.717) is 18.5 Å². The first-order valence-corrected chi connectivity index (χ1v) is 10.3. The molecular weight excluding hydrogens is 378 g/mol. The van der Waals surface area contributed by atoms with Crippen LogP contribution in [0.4, 0.5) is 4.79 Å². The third kappa shape index (κ3) is 3.58. The average Bonchev–Trinajstić information content (AvgIpc) is 3.25. The molecule has 1 N–H and O–H groups in total. The van der Waals surface area contributed by atoms with Crippen molar-refractivity contribution >= 4 is 17.8 Å². The molecule has 2 aliphatic heterocycles. The van der Waals surface area contributed by atoms with Gasteiger partial charge in [0, 0.05) is 12.1 Å². The van der Waals surface area contributed by atoms with Crippen molar-refractivity contribution in [2.75, 3.05) is 13.1 Å². The van der Waals surface area contributed by atoms with Gasteiger partial charge < -0.3 is 10.2 Å². The molecule has 4 rings (SSSR count). The van der Waals surface area contributed by atoms with E-state index in [0.717, 1.165) is 11.1 Å². The van der Waals surface area contributed by atoms with E-state index in [1.807, 2.05) is 54.6 Å². The van der Waals surface area contributed by atoms with E-state index in [2.05, 4.69) is 26.1 Å². The molecule has 1 atom stereocenters. The van der Waals surface area contributed by atoms with Crippen LogP contribution in [0, 0.1) is 0 Å². The first kappa shape index (κ1) is 20.1. The Morgan fingerprint density at radius 3 is 2.33 bits per heavy atom. The second kappa shape index (κ2) is 7.27. The molecule has 2 saturated heterocycles. The highest BCUT2D eigenvalue weighted by Gasteiger charge is 2.55. The zero-order valence-electron chi connectivity index (χ0n) is 17.6. The summed E-state index contributed by atoms with van der Waals surface area (Å²) in [5.41, 5.74) is 1.64. The molecule has 156 valence electrons. The lowest BCUT2D eigenvalue weighted by atomic mass is 9.86. The third-order valence-corrected chi connectivity index (χ3v) is 5.98. The number of likely N-dealkylation sites (tertiary alicyclic amines) is 1. The minimum atomic E-state index is -1.02. The van der Waals surface area contributed by atoms with Crippen molar-refractivity contribution in [3.63, 3.8) is 0 Å². The molecule has 2 heterocycles. The summed E-state index contributed by atoms with van der Waals surface area (Å²) in [7, 11) is 0. The number of imide groups is 1. The molecule has 0 saturated carbocycles. The van der Waals surface area contributed by atoms with Gasteiger partial charge in [0.05, 0.1) is 13.1 Å². The average molecular weight is 405 g/mol. The molecule has 2 aliphatic rings. The molecule has 6 nitrogen and oxygen atoms in total.